The summed E-state index contributed by atoms with van der Waals surface area (Å²) < 4.78 is 10.1. The van der Waals surface area contributed by atoms with E-state index in [1.807, 2.05) is 24.3 Å². The number of carbonyl (C=O) groups is 3. The van der Waals surface area contributed by atoms with Crippen molar-refractivity contribution in [1.29, 1.82) is 0 Å². The lowest BCUT2D eigenvalue weighted by molar-refractivity contribution is -0.141. The number of ether oxygens (including phenoxy) is 2. The summed E-state index contributed by atoms with van der Waals surface area (Å²) in [5.41, 5.74) is 9.05. The van der Waals surface area contributed by atoms with E-state index in [1.54, 1.807) is 7.11 Å². The third-order valence-corrected chi connectivity index (χ3v) is 7.61. The summed E-state index contributed by atoms with van der Waals surface area (Å²) in [6, 6.07) is 6.09. The molecule has 2 heterocycles. The Morgan fingerprint density at radius 3 is 2.74 bits per heavy atom. The molecular formula is C28H26N2O5. The van der Waals surface area contributed by atoms with Gasteiger partial charge in [0.15, 0.2) is 5.78 Å². The number of Topliss-reactive ketones (excluding diaryl/α,β-unsaturated/α-hetero) is 1. The molecule has 2 aliphatic heterocycles. The van der Waals surface area contributed by atoms with E-state index in [9.17, 15) is 14.4 Å². The Labute approximate surface area is 203 Å². The molecule has 0 saturated carbocycles. The number of allylic oxidation sites excluding steroid dienone is 2. The van der Waals surface area contributed by atoms with Crippen molar-refractivity contribution in [2.75, 3.05) is 19.5 Å². The summed E-state index contributed by atoms with van der Waals surface area (Å²) in [6.45, 7) is 0.476. The molecule has 1 amide bonds. The topological polar surface area (TPSA) is 93.7 Å². The molecule has 2 aromatic carbocycles. The van der Waals surface area contributed by atoms with Crippen molar-refractivity contribution in [1.82, 2.24) is 5.32 Å². The molecule has 2 aliphatic carbocycles. The third-order valence-electron chi connectivity index (χ3n) is 7.61. The van der Waals surface area contributed by atoms with Gasteiger partial charge in [-0.25, -0.2) is 0 Å². The maximum absolute atomic E-state index is 13.1. The standard InChI is InChI=1S/C28H26N2O5/c1-34-16-5-7-17-14(11-16)3-6-18-24(17)26-20(13-29-28(26)33)25-19-12-15(4-8-21(19)30-27(18)25)22(31)9-10-23(32)35-2/h4-5,7-8,11-12,19,21,30H,3,6,9-10,13H2,1-2H3,(H,29,33). The minimum Gasteiger partial charge on any atom is -0.497 e. The molecule has 2 N–H and O–H groups in total. The molecule has 0 spiro atoms. The zero-order valence-electron chi connectivity index (χ0n) is 19.7. The van der Waals surface area contributed by atoms with Gasteiger partial charge in [-0.15, -0.1) is 0 Å². The van der Waals surface area contributed by atoms with Gasteiger partial charge in [-0.2, -0.15) is 0 Å². The van der Waals surface area contributed by atoms with Crippen LogP contribution in [-0.4, -0.2) is 37.9 Å². The molecule has 0 radical (unpaired) electrons. The molecule has 0 aromatic heterocycles. The van der Waals surface area contributed by atoms with E-state index < -0.39 is 5.97 Å². The number of fused-ring (bicyclic) bond motifs is 10. The highest BCUT2D eigenvalue weighted by molar-refractivity contribution is 6.08. The first-order valence-electron chi connectivity index (χ1n) is 11.9. The largest absolute Gasteiger partial charge is 0.497 e. The zero-order chi connectivity index (χ0) is 24.3. The summed E-state index contributed by atoms with van der Waals surface area (Å²) in [7, 11) is 2.99. The second kappa shape index (κ2) is 8.12. The van der Waals surface area contributed by atoms with Gasteiger partial charge in [-0.05, 0) is 52.8 Å². The summed E-state index contributed by atoms with van der Waals surface area (Å²) >= 11 is 0. The van der Waals surface area contributed by atoms with Crippen molar-refractivity contribution >= 4 is 23.3 Å². The van der Waals surface area contributed by atoms with Gasteiger partial charge in [0, 0.05) is 35.7 Å². The molecule has 2 unspecified atom stereocenters. The van der Waals surface area contributed by atoms with E-state index in [-0.39, 0.29) is 36.5 Å². The maximum atomic E-state index is 13.1. The van der Waals surface area contributed by atoms with Crippen LogP contribution in [-0.2, 0) is 33.7 Å². The van der Waals surface area contributed by atoms with Crippen molar-refractivity contribution in [3.05, 3.63) is 69.8 Å². The molecule has 6 rings (SSSR count). The quantitative estimate of drug-likeness (QED) is 0.649. The number of rotatable bonds is 5. The van der Waals surface area contributed by atoms with Gasteiger partial charge in [0.1, 0.15) is 5.75 Å². The summed E-state index contributed by atoms with van der Waals surface area (Å²) in [5.74, 6) is 0.256. The highest BCUT2D eigenvalue weighted by atomic mass is 16.5. The molecule has 0 fully saturated rings. The zero-order valence-corrected chi connectivity index (χ0v) is 19.7. The summed E-state index contributed by atoms with van der Waals surface area (Å²) in [5, 5.41) is 6.74. The first-order valence-corrected chi connectivity index (χ1v) is 11.9. The number of esters is 1. The fourth-order valence-electron chi connectivity index (χ4n) is 5.95. The normalized spacial score (nSPS) is 20.4. The fraction of sp³-hybridized carbons (Fsp3) is 0.321. The number of anilines is 1. The Hall–Kier alpha value is -3.87. The monoisotopic (exact) mass is 470 g/mol. The predicted molar refractivity (Wildman–Crippen MR) is 131 cm³/mol. The molecular weight excluding hydrogens is 444 g/mol. The molecule has 4 aliphatic rings. The predicted octanol–water partition coefficient (Wildman–Crippen LogP) is 3.60. The van der Waals surface area contributed by atoms with Crippen molar-refractivity contribution < 1.29 is 23.9 Å². The molecule has 35 heavy (non-hydrogen) atoms. The number of aryl methyl sites for hydroxylation is 1. The Balaban J connectivity index is 1.45. The Bertz CT molecular complexity index is 1370. The number of methoxy groups -OCH3 is 2. The fourth-order valence-corrected chi connectivity index (χ4v) is 5.95. The minimum atomic E-state index is -0.392. The number of nitrogens with one attached hydrogen (secondary N) is 2. The van der Waals surface area contributed by atoms with Gasteiger partial charge >= 0.3 is 5.97 Å². The van der Waals surface area contributed by atoms with E-state index in [0.29, 0.717) is 12.1 Å². The van der Waals surface area contributed by atoms with E-state index in [2.05, 4.69) is 27.5 Å². The van der Waals surface area contributed by atoms with Crippen molar-refractivity contribution in [2.45, 2.75) is 44.2 Å². The lowest BCUT2D eigenvalue weighted by atomic mass is 9.77. The third kappa shape index (κ3) is 3.29. The second-order valence-corrected chi connectivity index (χ2v) is 9.38. The summed E-state index contributed by atoms with van der Waals surface area (Å²) in [6.07, 6.45) is 7.74. The van der Waals surface area contributed by atoms with Gasteiger partial charge in [0.05, 0.1) is 32.2 Å². The SMILES string of the molecule is COC(=O)CCC(=O)C1=CC2c3c4c(c5c(c3NC2C=C1)CCc1cc(OC)ccc1-5)C(=O)NC4. The number of hydrogen-bond acceptors (Lipinski definition) is 6. The lowest BCUT2D eigenvalue weighted by Crippen LogP contribution is -2.21. The van der Waals surface area contributed by atoms with Crippen LogP contribution < -0.4 is 15.4 Å². The molecule has 7 nitrogen and oxygen atoms in total. The van der Waals surface area contributed by atoms with Crippen LogP contribution in [0.1, 0.15) is 51.4 Å². The number of amides is 1. The first-order chi connectivity index (χ1) is 17.0. The van der Waals surface area contributed by atoms with Crippen LogP contribution in [0.25, 0.3) is 11.1 Å². The summed E-state index contributed by atoms with van der Waals surface area (Å²) in [4.78, 5) is 37.4. The number of carbonyl (C=O) groups excluding carboxylic acids is 3. The van der Waals surface area contributed by atoms with E-state index in [4.69, 9.17) is 4.74 Å². The maximum Gasteiger partial charge on any atom is 0.305 e. The van der Waals surface area contributed by atoms with Gasteiger partial charge in [0.25, 0.3) is 5.91 Å². The van der Waals surface area contributed by atoms with Crippen molar-refractivity contribution in [2.24, 2.45) is 0 Å². The number of benzene rings is 2. The Morgan fingerprint density at radius 2 is 1.94 bits per heavy atom. The van der Waals surface area contributed by atoms with Gasteiger partial charge < -0.3 is 20.1 Å². The van der Waals surface area contributed by atoms with Crippen LogP contribution in [0.15, 0.2) is 42.0 Å². The van der Waals surface area contributed by atoms with E-state index in [1.165, 1.54) is 18.2 Å². The minimum absolute atomic E-state index is 0.0192. The van der Waals surface area contributed by atoms with Crippen LogP contribution in [0.2, 0.25) is 0 Å². The number of hydrogen-bond donors (Lipinski definition) is 2. The highest BCUT2D eigenvalue weighted by Crippen LogP contribution is 2.52. The number of ketones is 1. The van der Waals surface area contributed by atoms with Gasteiger partial charge in [-0.3, -0.25) is 14.4 Å². The smallest absolute Gasteiger partial charge is 0.305 e. The van der Waals surface area contributed by atoms with Crippen molar-refractivity contribution in [3.8, 4) is 16.9 Å². The van der Waals surface area contributed by atoms with E-state index >= 15 is 0 Å². The van der Waals surface area contributed by atoms with Crippen LogP contribution in [0.3, 0.4) is 0 Å². The average molecular weight is 471 g/mol. The molecule has 7 heteroatoms. The molecule has 2 aromatic rings. The lowest BCUT2D eigenvalue weighted by Gasteiger charge is -2.26. The van der Waals surface area contributed by atoms with Gasteiger partial charge in [0.2, 0.25) is 0 Å². The van der Waals surface area contributed by atoms with Gasteiger partial charge in [-0.1, -0.05) is 24.3 Å². The van der Waals surface area contributed by atoms with E-state index in [0.717, 1.165) is 52.1 Å². The second-order valence-electron chi connectivity index (χ2n) is 9.38. The van der Waals surface area contributed by atoms with Crippen LogP contribution >= 0.6 is 0 Å². The Morgan fingerprint density at radius 1 is 1.09 bits per heavy atom. The van der Waals surface area contributed by atoms with Crippen molar-refractivity contribution in [3.63, 3.8) is 0 Å². The Kier molecular flexibility index (Phi) is 5.02. The highest BCUT2D eigenvalue weighted by Gasteiger charge is 2.42. The van der Waals surface area contributed by atoms with Crippen LogP contribution in [0.5, 0.6) is 5.75 Å². The molecule has 178 valence electrons. The van der Waals surface area contributed by atoms with Crippen LogP contribution in [0, 0.1) is 0 Å². The first kappa shape index (κ1) is 21.6. The van der Waals surface area contributed by atoms with Crippen LogP contribution in [0.4, 0.5) is 5.69 Å². The molecule has 0 saturated heterocycles. The molecule has 2 atom stereocenters. The average Bonchev–Trinajstić information content (AvgIpc) is 3.46. The molecule has 0 bridgehead atoms.